The third-order valence-electron chi connectivity index (χ3n) is 2.28. The van der Waals surface area contributed by atoms with Gasteiger partial charge in [0.25, 0.3) is 0 Å². The fourth-order valence-corrected chi connectivity index (χ4v) is 1.54. The Morgan fingerprint density at radius 1 is 1.22 bits per heavy atom. The van der Waals surface area contributed by atoms with E-state index in [0.717, 1.165) is 18.2 Å². The van der Waals surface area contributed by atoms with Gasteiger partial charge in [-0.25, -0.2) is 8.78 Å². The molecule has 0 radical (unpaired) electrons. The SMILES string of the molecule is O=C(O)Cc1nccnc1-c1cc(F)ccc1F. The topological polar surface area (TPSA) is 63.1 Å². The molecule has 1 aromatic carbocycles. The van der Waals surface area contributed by atoms with Crippen molar-refractivity contribution in [3.05, 3.63) is 47.9 Å². The van der Waals surface area contributed by atoms with Crippen molar-refractivity contribution in [3.8, 4) is 11.3 Å². The van der Waals surface area contributed by atoms with Gasteiger partial charge in [0, 0.05) is 18.0 Å². The van der Waals surface area contributed by atoms with Crippen LogP contribution in [0.25, 0.3) is 11.3 Å². The zero-order chi connectivity index (χ0) is 13.1. The fraction of sp³-hybridized carbons (Fsp3) is 0.0833. The van der Waals surface area contributed by atoms with Crippen molar-refractivity contribution < 1.29 is 18.7 Å². The molecule has 92 valence electrons. The van der Waals surface area contributed by atoms with E-state index in [9.17, 15) is 13.6 Å². The van der Waals surface area contributed by atoms with Crippen LogP contribution in [0.15, 0.2) is 30.6 Å². The van der Waals surface area contributed by atoms with Gasteiger partial charge in [-0.2, -0.15) is 0 Å². The number of hydrogen-bond acceptors (Lipinski definition) is 3. The number of halogens is 2. The maximum atomic E-state index is 13.6. The minimum absolute atomic E-state index is 0.0388. The van der Waals surface area contributed by atoms with Gasteiger partial charge in [0.15, 0.2) is 0 Å². The van der Waals surface area contributed by atoms with Crippen LogP contribution in [-0.4, -0.2) is 21.0 Å². The molecule has 0 atom stereocenters. The molecule has 0 saturated heterocycles. The van der Waals surface area contributed by atoms with Gasteiger partial charge in [-0.05, 0) is 18.2 Å². The molecular formula is C12H8F2N2O2. The summed E-state index contributed by atoms with van der Waals surface area (Å²) in [7, 11) is 0. The summed E-state index contributed by atoms with van der Waals surface area (Å²) >= 11 is 0. The Bertz CT molecular complexity index is 602. The molecule has 0 saturated carbocycles. The van der Waals surface area contributed by atoms with E-state index in [-0.39, 0.29) is 17.0 Å². The quantitative estimate of drug-likeness (QED) is 0.905. The molecule has 1 heterocycles. The minimum atomic E-state index is -1.12. The summed E-state index contributed by atoms with van der Waals surface area (Å²) in [4.78, 5) is 18.4. The third-order valence-corrected chi connectivity index (χ3v) is 2.28. The maximum absolute atomic E-state index is 13.6. The molecule has 4 nitrogen and oxygen atoms in total. The second-order valence-corrected chi connectivity index (χ2v) is 3.55. The van der Waals surface area contributed by atoms with E-state index in [1.54, 1.807) is 0 Å². The molecule has 1 N–H and O–H groups in total. The van der Waals surface area contributed by atoms with Crippen molar-refractivity contribution in [1.29, 1.82) is 0 Å². The first kappa shape index (κ1) is 12.1. The van der Waals surface area contributed by atoms with Crippen molar-refractivity contribution >= 4 is 5.97 Å². The number of benzene rings is 1. The number of carboxylic acid groups (broad SMARTS) is 1. The highest BCUT2D eigenvalue weighted by atomic mass is 19.1. The summed E-state index contributed by atoms with van der Waals surface area (Å²) in [6, 6.07) is 2.90. The van der Waals surface area contributed by atoms with Crippen LogP contribution in [0.5, 0.6) is 0 Å². The first-order valence-electron chi connectivity index (χ1n) is 5.05. The highest BCUT2D eigenvalue weighted by Gasteiger charge is 2.15. The molecule has 6 heteroatoms. The average molecular weight is 250 g/mol. The van der Waals surface area contributed by atoms with Crippen molar-refractivity contribution in [2.75, 3.05) is 0 Å². The lowest BCUT2D eigenvalue weighted by atomic mass is 10.1. The smallest absolute Gasteiger partial charge is 0.309 e. The molecule has 0 aliphatic rings. The summed E-state index contributed by atoms with van der Waals surface area (Å²) in [5, 5.41) is 8.73. The zero-order valence-corrected chi connectivity index (χ0v) is 9.10. The van der Waals surface area contributed by atoms with E-state index in [4.69, 9.17) is 5.11 Å². The summed E-state index contributed by atoms with van der Waals surface area (Å²) in [6.45, 7) is 0. The maximum Gasteiger partial charge on any atom is 0.309 e. The van der Waals surface area contributed by atoms with Crippen LogP contribution in [0, 0.1) is 11.6 Å². The van der Waals surface area contributed by atoms with Gasteiger partial charge in [-0.1, -0.05) is 0 Å². The molecule has 18 heavy (non-hydrogen) atoms. The number of aliphatic carboxylic acids is 1. The molecule has 0 unspecified atom stereocenters. The Morgan fingerprint density at radius 2 is 1.94 bits per heavy atom. The standard InChI is InChI=1S/C12H8F2N2O2/c13-7-1-2-9(14)8(5-7)12-10(6-11(17)18)15-3-4-16-12/h1-5H,6H2,(H,17,18). The second kappa shape index (κ2) is 4.87. The molecule has 0 bridgehead atoms. The predicted octanol–water partition coefficient (Wildman–Crippen LogP) is 2.05. The Labute approximate surface area is 101 Å². The Kier molecular flexibility index (Phi) is 3.27. The van der Waals surface area contributed by atoms with E-state index in [2.05, 4.69) is 9.97 Å². The third kappa shape index (κ3) is 2.48. The Hall–Kier alpha value is -2.37. The van der Waals surface area contributed by atoms with Crippen molar-refractivity contribution in [2.45, 2.75) is 6.42 Å². The van der Waals surface area contributed by atoms with Crippen LogP contribution in [0.2, 0.25) is 0 Å². The molecule has 0 fully saturated rings. The summed E-state index contributed by atoms with van der Waals surface area (Å²) in [6.07, 6.45) is 2.20. The normalized spacial score (nSPS) is 10.3. The van der Waals surface area contributed by atoms with Crippen LogP contribution in [-0.2, 0) is 11.2 Å². The van der Waals surface area contributed by atoms with Crippen LogP contribution in [0.1, 0.15) is 5.69 Å². The zero-order valence-electron chi connectivity index (χ0n) is 9.10. The van der Waals surface area contributed by atoms with Gasteiger partial charge in [0.05, 0.1) is 17.8 Å². The number of carbonyl (C=O) groups is 1. The molecule has 0 aliphatic carbocycles. The van der Waals surface area contributed by atoms with E-state index in [0.29, 0.717) is 0 Å². The minimum Gasteiger partial charge on any atom is -0.481 e. The highest BCUT2D eigenvalue weighted by Crippen LogP contribution is 2.24. The van der Waals surface area contributed by atoms with Gasteiger partial charge < -0.3 is 5.11 Å². The fourth-order valence-electron chi connectivity index (χ4n) is 1.54. The molecule has 2 rings (SSSR count). The highest BCUT2D eigenvalue weighted by molar-refractivity contribution is 5.73. The van der Waals surface area contributed by atoms with Gasteiger partial charge in [-0.15, -0.1) is 0 Å². The lowest BCUT2D eigenvalue weighted by Gasteiger charge is -2.06. The summed E-state index contributed by atoms with van der Waals surface area (Å²) in [5.41, 5.74) is 0.0331. The Balaban J connectivity index is 2.56. The monoisotopic (exact) mass is 250 g/mol. The van der Waals surface area contributed by atoms with E-state index < -0.39 is 24.0 Å². The number of hydrogen-bond donors (Lipinski definition) is 1. The molecule has 1 aromatic heterocycles. The first-order valence-corrected chi connectivity index (χ1v) is 5.05. The largest absolute Gasteiger partial charge is 0.481 e. The van der Waals surface area contributed by atoms with Crippen LogP contribution in [0.3, 0.4) is 0 Å². The summed E-state index contributed by atoms with van der Waals surface area (Å²) < 4.78 is 26.7. The van der Waals surface area contributed by atoms with Crippen molar-refractivity contribution in [3.63, 3.8) is 0 Å². The van der Waals surface area contributed by atoms with Crippen LogP contribution >= 0.6 is 0 Å². The average Bonchev–Trinajstić information content (AvgIpc) is 2.32. The van der Waals surface area contributed by atoms with Gasteiger partial charge >= 0.3 is 5.97 Å². The molecular weight excluding hydrogens is 242 g/mol. The molecule has 0 aliphatic heterocycles. The van der Waals surface area contributed by atoms with Gasteiger partial charge in [0.1, 0.15) is 11.6 Å². The van der Waals surface area contributed by atoms with E-state index in [1.165, 1.54) is 12.4 Å². The van der Waals surface area contributed by atoms with E-state index >= 15 is 0 Å². The lowest BCUT2D eigenvalue weighted by molar-refractivity contribution is -0.136. The lowest BCUT2D eigenvalue weighted by Crippen LogP contribution is -2.06. The summed E-state index contributed by atoms with van der Waals surface area (Å²) in [5.74, 6) is -2.42. The number of carboxylic acids is 1. The number of nitrogens with zero attached hydrogens (tertiary/aromatic N) is 2. The van der Waals surface area contributed by atoms with Crippen LogP contribution in [0.4, 0.5) is 8.78 Å². The van der Waals surface area contributed by atoms with Gasteiger partial charge in [-0.3, -0.25) is 14.8 Å². The van der Waals surface area contributed by atoms with Crippen LogP contribution < -0.4 is 0 Å². The Morgan fingerprint density at radius 3 is 2.67 bits per heavy atom. The van der Waals surface area contributed by atoms with Crippen molar-refractivity contribution in [2.24, 2.45) is 0 Å². The van der Waals surface area contributed by atoms with E-state index in [1.807, 2.05) is 0 Å². The van der Waals surface area contributed by atoms with Gasteiger partial charge in [0.2, 0.25) is 0 Å². The first-order chi connectivity index (χ1) is 8.58. The molecule has 2 aromatic rings. The number of rotatable bonds is 3. The van der Waals surface area contributed by atoms with Crippen molar-refractivity contribution in [1.82, 2.24) is 9.97 Å². The number of aromatic nitrogens is 2. The molecule has 0 spiro atoms. The second-order valence-electron chi connectivity index (χ2n) is 3.55. The predicted molar refractivity (Wildman–Crippen MR) is 58.7 cm³/mol. The molecule has 0 amide bonds.